The van der Waals surface area contributed by atoms with Crippen LogP contribution in [0, 0.1) is 0 Å². The van der Waals surface area contributed by atoms with Crippen LogP contribution in [0.4, 0.5) is 0 Å². The van der Waals surface area contributed by atoms with Crippen LogP contribution in [0.2, 0.25) is 20.1 Å². The molecule has 3 aromatic rings. The van der Waals surface area contributed by atoms with E-state index >= 15 is 0 Å². The molecule has 25 heavy (non-hydrogen) atoms. The fourth-order valence-electron chi connectivity index (χ4n) is 3.44. The Morgan fingerprint density at radius 2 is 1.40 bits per heavy atom. The lowest BCUT2D eigenvalue weighted by Gasteiger charge is -2.11. The van der Waals surface area contributed by atoms with Gasteiger partial charge in [0.05, 0.1) is 25.6 Å². The average molecular weight is 417 g/mol. The van der Waals surface area contributed by atoms with E-state index in [0.29, 0.717) is 20.1 Å². The molecule has 0 N–H and O–H groups in total. The highest BCUT2D eigenvalue weighted by Crippen LogP contribution is 2.46. The Morgan fingerprint density at radius 1 is 0.760 bits per heavy atom. The molecular weight excluding hydrogens is 396 g/mol. The van der Waals surface area contributed by atoms with Gasteiger partial charge in [-0.15, -0.1) is 0 Å². The number of fused-ring (bicyclic) bond motifs is 3. The molecule has 2 aromatic carbocycles. The van der Waals surface area contributed by atoms with Crippen LogP contribution in [0.15, 0.2) is 24.3 Å². The Labute approximate surface area is 168 Å². The van der Waals surface area contributed by atoms with E-state index in [1.807, 2.05) is 12.1 Å². The molecule has 0 spiro atoms. The van der Waals surface area contributed by atoms with E-state index < -0.39 is 0 Å². The van der Waals surface area contributed by atoms with Crippen LogP contribution < -0.4 is 0 Å². The van der Waals surface area contributed by atoms with Crippen molar-refractivity contribution in [1.82, 2.24) is 4.57 Å². The minimum atomic E-state index is 0.323. The summed E-state index contributed by atoms with van der Waals surface area (Å²) in [4.78, 5) is 0. The second kappa shape index (κ2) is 8.39. The molecule has 134 valence electrons. The first-order chi connectivity index (χ1) is 12.1. The summed E-state index contributed by atoms with van der Waals surface area (Å²) < 4.78 is 2.24. The van der Waals surface area contributed by atoms with Crippen LogP contribution in [0.3, 0.4) is 0 Å². The van der Waals surface area contributed by atoms with E-state index in [1.54, 1.807) is 0 Å². The molecule has 0 aliphatic heterocycles. The van der Waals surface area contributed by atoms with Gasteiger partial charge in [0.1, 0.15) is 0 Å². The Hall–Kier alpha value is -0.600. The number of halogens is 4. The first-order valence-corrected chi connectivity index (χ1v) is 10.3. The fraction of sp³-hybridized carbons (Fsp3) is 0.400. The van der Waals surface area contributed by atoms with Gasteiger partial charge in [0.2, 0.25) is 0 Å². The summed E-state index contributed by atoms with van der Waals surface area (Å²) in [5, 5.41) is 3.56. The summed E-state index contributed by atoms with van der Waals surface area (Å²) in [6, 6.07) is 8.19. The SMILES string of the molecule is CCCCCCCCn1c2ccccc2c2c(Cl)c(Cl)c(Cl)c(Cl)c21. The van der Waals surface area contributed by atoms with Gasteiger partial charge in [-0.3, -0.25) is 0 Å². The molecule has 0 radical (unpaired) electrons. The van der Waals surface area contributed by atoms with Gasteiger partial charge >= 0.3 is 0 Å². The largest absolute Gasteiger partial charge is 0.339 e. The minimum absolute atomic E-state index is 0.323. The average Bonchev–Trinajstić information content (AvgIpc) is 2.96. The number of rotatable bonds is 7. The zero-order valence-electron chi connectivity index (χ0n) is 14.2. The summed E-state index contributed by atoms with van der Waals surface area (Å²) >= 11 is 25.7. The van der Waals surface area contributed by atoms with E-state index in [-0.39, 0.29) is 0 Å². The van der Waals surface area contributed by atoms with Gasteiger partial charge in [-0.05, 0) is 12.5 Å². The third-order valence-corrected chi connectivity index (χ3v) is 6.50. The number of aromatic nitrogens is 1. The summed E-state index contributed by atoms with van der Waals surface area (Å²) in [7, 11) is 0. The van der Waals surface area contributed by atoms with Crippen molar-refractivity contribution in [2.24, 2.45) is 0 Å². The number of para-hydroxylation sites is 1. The van der Waals surface area contributed by atoms with Gasteiger partial charge in [0.25, 0.3) is 0 Å². The second-order valence-corrected chi connectivity index (χ2v) is 7.93. The third kappa shape index (κ3) is 3.62. The maximum Gasteiger partial charge on any atom is 0.0851 e. The smallest absolute Gasteiger partial charge is 0.0851 e. The van der Waals surface area contributed by atoms with Crippen molar-refractivity contribution >= 4 is 68.2 Å². The summed E-state index contributed by atoms with van der Waals surface area (Å²) in [6.45, 7) is 3.13. The van der Waals surface area contributed by atoms with Crippen molar-refractivity contribution in [2.75, 3.05) is 0 Å². The molecule has 3 rings (SSSR count). The monoisotopic (exact) mass is 415 g/mol. The Bertz CT molecular complexity index is 898. The molecule has 0 aliphatic rings. The van der Waals surface area contributed by atoms with Crippen LogP contribution in [-0.4, -0.2) is 4.57 Å². The van der Waals surface area contributed by atoms with Gasteiger partial charge in [-0.2, -0.15) is 0 Å². The third-order valence-electron chi connectivity index (χ3n) is 4.71. The highest BCUT2D eigenvalue weighted by Gasteiger charge is 2.21. The number of unbranched alkanes of at least 4 members (excludes halogenated alkanes) is 5. The van der Waals surface area contributed by atoms with Crippen molar-refractivity contribution in [3.8, 4) is 0 Å². The first kappa shape index (κ1) is 19.2. The molecule has 0 unspecified atom stereocenters. The minimum Gasteiger partial charge on any atom is -0.339 e. The standard InChI is InChI=1S/C20H21Cl4N/c1-2-3-4-5-6-9-12-25-14-11-8-7-10-13(14)15-16(21)17(22)18(23)19(24)20(15)25/h7-8,10-11H,2-6,9,12H2,1H3. The highest BCUT2D eigenvalue weighted by atomic mass is 35.5. The van der Waals surface area contributed by atoms with Crippen molar-refractivity contribution in [1.29, 1.82) is 0 Å². The molecule has 0 amide bonds. The Balaban J connectivity index is 2.04. The normalized spacial score (nSPS) is 11.7. The first-order valence-electron chi connectivity index (χ1n) is 8.80. The number of hydrogen-bond donors (Lipinski definition) is 0. The predicted molar refractivity (Wildman–Crippen MR) is 113 cm³/mol. The van der Waals surface area contributed by atoms with Crippen LogP contribution in [0.5, 0.6) is 0 Å². The maximum absolute atomic E-state index is 6.57. The molecule has 0 saturated carbocycles. The molecule has 1 nitrogen and oxygen atoms in total. The highest BCUT2D eigenvalue weighted by molar-refractivity contribution is 6.56. The molecule has 5 heteroatoms. The van der Waals surface area contributed by atoms with E-state index in [1.165, 1.54) is 32.1 Å². The summed E-state index contributed by atoms with van der Waals surface area (Å²) in [5.74, 6) is 0. The van der Waals surface area contributed by atoms with E-state index in [2.05, 4.69) is 23.6 Å². The lowest BCUT2D eigenvalue weighted by molar-refractivity contribution is 0.571. The van der Waals surface area contributed by atoms with Crippen molar-refractivity contribution < 1.29 is 0 Å². The van der Waals surface area contributed by atoms with E-state index in [0.717, 1.165) is 34.8 Å². The van der Waals surface area contributed by atoms with Gasteiger partial charge in [-0.25, -0.2) is 0 Å². The zero-order chi connectivity index (χ0) is 18.0. The fourth-order valence-corrected chi connectivity index (χ4v) is 4.49. The quantitative estimate of drug-likeness (QED) is 0.206. The number of aryl methyl sites for hydroxylation is 1. The van der Waals surface area contributed by atoms with Gasteiger partial charge < -0.3 is 4.57 Å². The van der Waals surface area contributed by atoms with Gasteiger partial charge in [0, 0.05) is 22.8 Å². The second-order valence-electron chi connectivity index (χ2n) is 6.42. The molecule has 0 atom stereocenters. The number of hydrogen-bond acceptors (Lipinski definition) is 0. The lowest BCUT2D eigenvalue weighted by Crippen LogP contribution is -1.98. The molecule has 0 aliphatic carbocycles. The van der Waals surface area contributed by atoms with Crippen LogP contribution in [0.1, 0.15) is 45.4 Å². The molecular formula is C20H21Cl4N. The maximum atomic E-state index is 6.57. The van der Waals surface area contributed by atoms with Gasteiger partial charge in [0.15, 0.2) is 0 Å². The predicted octanol–water partition coefficient (Wildman–Crippen LogP) is 8.77. The molecule has 1 heterocycles. The molecule has 0 fully saturated rings. The number of benzene rings is 2. The van der Waals surface area contributed by atoms with Crippen LogP contribution in [-0.2, 0) is 6.54 Å². The molecule has 0 saturated heterocycles. The van der Waals surface area contributed by atoms with Gasteiger partial charge in [-0.1, -0.05) is 104 Å². The van der Waals surface area contributed by atoms with Crippen LogP contribution >= 0.6 is 46.4 Å². The molecule has 1 aromatic heterocycles. The van der Waals surface area contributed by atoms with E-state index in [9.17, 15) is 0 Å². The van der Waals surface area contributed by atoms with Crippen molar-refractivity contribution in [3.05, 3.63) is 44.4 Å². The van der Waals surface area contributed by atoms with E-state index in [4.69, 9.17) is 46.4 Å². The lowest BCUT2D eigenvalue weighted by atomic mass is 10.1. The topological polar surface area (TPSA) is 4.93 Å². The van der Waals surface area contributed by atoms with Crippen LogP contribution in [0.25, 0.3) is 21.8 Å². The summed E-state index contributed by atoms with van der Waals surface area (Å²) in [5.41, 5.74) is 2.00. The van der Waals surface area contributed by atoms with Crippen molar-refractivity contribution in [2.45, 2.75) is 52.0 Å². The molecule has 0 bridgehead atoms. The zero-order valence-corrected chi connectivity index (χ0v) is 17.2. The number of nitrogens with zero attached hydrogens (tertiary/aromatic N) is 1. The van der Waals surface area contributed by atoms with Crippen molar-refractivity contribution in [3.63, 3.8) is 0 Å². The Morgan fingerprint density at radius 3 is 2.16 bits per heavy atom. The Kier molecular flexibility index (Phi) is 6.44. The summed E-state index contributed by atoms with van der Waals surface area (Å²) in [6.07, 6.45) is 7.46.